The molecule has 0 bridgehead atoms. The highest BCUT2D eigenvalue weighted by Crippen LogP contribution is 2.23. The van der Waals surface area contributed by atoms with E-state index in [-0.39, 0.29) is 12.4 Å². The van der Waals surface area contributed by atoms with E-state index in [9.17, 15) is 4.79 Å². The maximum absolute atomic E-state index is 12.1. The minimum atomic E-state index is 0. The predicted molar refractivity (Wildman–Crippen MR) is 80.6 cm³/mol. The van der Waals surface area contributed by atoms with Crippen molar-refractivity contribution in [2.24, 2.45) is 5.92 Å². The van der Waals surface area contributed by atoms with Crippen LogP contribution in [0.25, 0.3) is 0 Å². The molecule has 2 heterocycles. The van der Waals surface area contributed by atoms with Crippen LogP contribution in [-0.4, -0.2) is 48.5 Å². The van der Waals surface area contributed by atoms with Crippen LogP contribution >= 0.6 is 24.2 Å². The first-order chi connectivity index (χ1) is 8.27. The highest BCUT2D eigenvalue weighted by Gasteiger charge is 2.24. The first kappa shape index (κ1) is 16.1. The number of carbonyl (C=O) groups excluding carboxylic acids is 1. The van der Waals surface area contributed by atoms with Gasteiger partial charge >= 0.3 is 0 Å². The molecule has 18 heavy (non-hydrogen) atoms. The molecule has 1 atom stereocenters. The molecule has 1 amide bonds. The average molecular weight is 293 g/mol. The molecule has 0 saturated carbocycles. The third kappa shape index (κ3) is 4.63. The number of hydrogen-bond acceptors (Lipinski definition) is 3. The first-order valence-electron chi connectivity index (χ1n) is 6.81. The lowest BCUT2D eigenvalue weighted by Crippen LogP contribution is -2.37. The second-order valence-electron chi connectivity index (χ2n) is 5.25. The molecular weight excluding hydrogens is 268 g/mol. The molecule has 0 radical (unpaired) electrons. The van der Waals surface area contributed by atoms with E-state index in [2.05, 4.69) is 5.32 Å². The van der Waals surface area contributed by atoms with Crippen molar-refractivity contribution in [1.29, 1.82) is 0 Å². The quantitative estimate of drug-likeness (QED) is 0.862. The van der Waals surface area contributed by atoms with Gasteiger partial charge in [-0.2, -0.15) is 11.8 Å². The largest absolute Gasteiger partial charge is 0.342 e. The maximum Gasteiger partial charge on any atom is 0.222 e. The number of hydrogen-bond donors (Lipinski definition) is 1. The zero-order valence-corrected chi connectivity index (χ0v) is 12.8. The van der Waals surface area contributed by atoms with Gasteiger partial charge in [0.1, 0.15) is 0 Å². The average Bonchev–Trinajstić information content (AvgIpc) is 2.90. The molecule has 0 aliphatic carbocycles. The van der Waals surface area contributed by atoms with Crippen molar-refractivity contribution in [3.63, 3.8) is 0 Å². The van der Waals surface area contributed by atoms with Crippen molar-refractivity contribution in [3.05, 3.63) is 0 Å². The standard InChI is InChI=1S/C13H24N2OS.ClH/c1-15(12-6-9-17-10-12)13(16)3-2-11-4-7-14-8-5-11;/h11-12,14H,2-10H2,1H3;1H. The summed E-state index contributed by atoms with van der Waals surface area (Å²) in [7, 11) is 1.99. The summed E-state index contributed by atoms with van der Waals surface area (Å²) in [5.74, 6) is 3.48. The number of amides is 1. The summed E-state index contributed by atoms with van der Waals surface area (Å²) in [6.07, 6.45) is 5.51. The third-order valence-corrected chi connectivity index (χ3v) is 5.22. The molecule has 3 nitrogen and oxygen atoms in total. The third-order valence-electron chi connectivity index (χ3n) is 4.07. The van der Waals surface area contributed by atoms with Gasteiger partial charge in [0.2, 0.25) is 5.91 Å². The Labute approximate surface area is 121 Å². The van der Waals surface area contributed by atoms with Crippen LogP contribution in [0.15, 0.2) is 0 Å². The number of halogens is 1. The zero-order chi connectivity index (χ0) is 12.1. The van der Waals surface area contributed by atoms with Gasteiger partial charge in [-0.15, -0.1) is 12.4 Å². The lowest BCUT2D eigenvalue weighted by molar-refractivity contribution is -0.131. The van der Waals surface area contributed by atoms with Crippen LogP contribution in [0.4, 0.5) is 0 Å². The van der Waals surface area contributed by atoms with Crippen molar-refractivity contribution in [2.45, 2.75) is 38.1 Å². The van der Waals surface area contributed by atoms with E-state index in [0.29, 0.717) is 11.9 Å². The molecule has 2 aliphatic rings. The molecule has 1 N–H and O–H groups in total. The van der Waals surface area contributed by atoms with Crippen LogP contribution in [0.3, 0.4) is 0 Å². The number of carbonyl (C=O) groups is 1. The smallest absolute Gasteiger partial charge is 0.222 e. The van der Waals surface area contributed by atoms with Crippen molar-refractivity contribution >= 4 is 30.1 Å². The lowest BCUT2D eigenvalue weighted by atomic mass is 9.93. The molecule has 1 unspecified atom stereocenters. The first-order valence-corrected chi connectivity index (χ1v) is 7.97. The van der Waals surface area contributed by atoms with Crippen LogP contribution < -0.4 is 5.32 Å². The summed E-state index contributed by atoms with van der Waals surface area (Å²) in [6, 6.07) is 0.500. The highest BCUT2D eigenvalue weighted by molar-refractivity contribution is 7.99. The Kier molecular flexibility index (Phi) is 7.42. The monoisotopic (exact) mass is 292 g/mol. The molecule has 2 saturated heterocycles. The van der Waals surface area contributed by atoms with Gasteiger partial charge in [0, 0.05) is 25.3 Å². The van der Waals surface area contributed by atoms with Crippen molar-refractivity contribution in [3.8, 4) is 0 Å². The van der Waals surface area contributed by atoms with Crippen LogP contribution in [0.5, 0.6) is 0 Å². The summed E-state index contributed by atoms with van der Waals surface area (Å²) in [5.41, 5.74) is 0. The van der Waals surface area contributed by atoms with Gasteiger partial charge in [-0.25, -0.2) is 0 Å². The topological polar surface area (TPSA) is 32.3 Å². The number of nitrogens with one attached hydrogen (secondary N) is 1. The van der Waals surface area contributed by atoms with Crippen molar-refractivity contribution < 1.29 is 4.79 Å². The van der Waals surface area contributed by atoms with E-state index < -0.39 is 0 Å². The normalized spacial score (nSPS) is 24.6. The maximum atomic E-state index is 12.1. The molecule has 0 spiro atoms. The molecule has 2 fully saturated rings. The van der Waals surface area contributed by atoms with E-state index in [4.69, 9.17) is 0 Å². The fourth-order valence-corrected chi connectivity index (χ4v) is 3.97. The number of piperidine rings is 1. The van der Waals surface area contributed by atoms with Crippen LogP contribution in [0.2, 0.25) is 0 Å². The second-order valence-corrected chi connectivity index (χ2v) is 6.40. The summed E-state index contributed by atoms with van der Waals surface area (Å²) in [5, 5.41) is 3.37. The van der Waals surface area contributed by atoms with Crippen LogP contribution in [0.1, 0.15) is 32.1 Å². The minimum Gasteiger partial charge on any atom is -0.342 e. The molecule has 106 valence electrons. The Morgan fingerprint density at radius 2 is 2.06 bits per heavy atom. The molecule has 5 heteroatoms. The molecular formula is C13H25ClN2OS. The SMILES string of the molecule is CN(C(=O)CCC1CCNCC1)C1CCSC1.Cl. The highest BCUT2D eigenvalue weighted by atomic mass is 35.5. The van der Waals surface area contributed by atoms with E-state index in [1.807, 2.05) is 23.7 Å². The Bertz CT molecular complexity index is 253. The fourth-order valence-electron chi connectivity index (χ4n) is 2.71. The van der Waals surface area contributed by atoms with Gasteiger partial charge in [0.05, 0.1) is 0 Å². The van der Waals surface area contributed by atoms with Crippen molar-refractivity contribution in [2.75, 3.05) is 31.6 Å². The number of thioether (sulfide) groups is 1. The zero-order valence-electron chi connectivity index (χ0n) is 11.2. The van der Waals surface area contributed by atoms with Gasteiger partial charge in [0.15, 0.2) is 0 Å². The van der Waals surface area contributed by atoms with E-state index >= 15 is 0 Å². The Balaban J connectivity index is 0.00000162. The fraction of sp³-hybridized carbons (Fsp3) is 0.923. The van der Waals surface area contributed by atoms with Gasteiger partial charge in [-0.05, 0) is 50.4 Å². The summed E-state index contributed by atoms with van der Waals surface area (Å²) in [6.45, 7) is 2.27. The van der Waals surface area contributed by atoms with Gasteiger partial charge in [0.25, 0.3) is 0 Å². The van der Waals surface area contributed by atoms with Crippen LogP contribution in [0, 0.1) is 5.92 Å². The number of nitrogens with zero attached hydrogens (tertiary/aromatic N) is 1. The Hall–Kier alpha value is 0.0700. The van der Waals surface area contributed by atoms with Gasteiger partial charge in [-0.3, -0.25) is 4.79 Å². The molecule has 2 aliphatic heterocycles. The van der Waals surface area contributed by atoms with Gasteiger partial charge in [-0.1, -0.05) is 0 Å². The molecule has 0 aromatic heterocycles. The molecule has 0 aromatic carbocycles. The lowest BCUT2D eigenvalue weighted by Gasteiger charge is -2.26. The van der Waals surface area contributed by atoms with E-state index in [1.165, 1.54) is 25.0 Å². The molecule has 2 rings (SSSR count). The summed E-state index contributed by atoms with van der Waals surface area (Å²) in [4.78, 5) is 14.1. The van der Waals surface area contributed by atoms with E-state index in [0.717, 1.165) is 37.6 Å². The van der Waals surface area contributed by atoms with Crippen LogP contribution in [-0.2, 0) is 4.79 Å². The molecule has 0 aromatic rings. The van der Waals surface area contributed by atoms with Crippen molar-refractivity contribution in [1.82, 2.24) is 10.2 Å². The predicted octanol–water partition coefficient (Wildman–Crippen LogP) is 2.15. The second kappa shape index (κ2) is 8.28. The van der Waals surface area contributed by atoms with Gasteiger partial charge < -0.3 is 10.2 Å². The Morgan fingerprint density at radius 3 is 2.67 bits per heavy atom. The summed E-state index contributed by atoms with van der Waals surface area (Å²) >= 11 is 1.97. The Morgan fingerprint density at radius 1 is 1.33 bits per heavy atom. The minimum absolute atomic E-state index is 0. The number of rotatable bonds is 4. The summed E-state index contributed by atoms with van der Waals surface area (Å²) < 4.78 is 0. The van der Waals surface area contributed by atoms with E-state index in [1.54, 1.807) is 0 Å².